The number of hydrogen-bond acceptors (Lipinski definition) is 4. The third-order valence-electron chi connectivity index (χ3n) is 3.45. The summed E-state index contributed by atoms with van der Waals surface area (Å²) in [6.45, 7) is 1.54. The number of nitrogens with one attached hydrogen (secondary N) is 1. The fraction of sp³-hybridized carbons (Fsp3) is 0.118. The number of nitrogens with zero attached hydrogens (tertiary/aromatic N) is 2. The molecule has 0 aliphatic heterocycles. The van der Waals surface area contributed by atoms with Gasteiger partial charge in [0.05, 0.1) is 11.8 Å². The molecular formula is C17H15F2N3O3. The van der Waals surface area contributed by atoms with Crippen molar-refractivity contribution in [2.75, 3.05) is 7.05 Å². The average molecular weight is 347 g/mol. The molecule has 0 spiro atoms. The van der Waals surface area contributed by atoms with Gasteiger partial charge < -0.3 is 0 Å². The maximum Gasteiger partial charge on any atom is 0.276 e. The first-order valence-corrected chi connectivity index (χ1v) is 7.16. The summed E-state index contributed by atoms with van der Waals surface area (Å²) < 4.78 is 27.9. The Labute approximate surface area is 142 Å². The minimum atomic E-state index is -0.857. The predicted molar refractivity (Wildman–Crippen MR) is 86.5 cm³/mol. The lowest BCUT2D eigenvalue weighted by Gasteiger charge is -2.12. The molecule has 2 N–H and O–H groups in total. The van der Waals surface area contributed by atoms with Crippen LogP contribution in [0, 0.1) is 18.6 Å². The van der Waals surface area contributed by atoms with Crippen LogP contribution in [0.15, 0.2) is 41.5 Å². The molecule has 0 fully saturated rings. The molecule has 0 heterocycles. The molecule has 6 nitrogen and oxygen atoms in total. The maximum atomic E-state index is 14.0. The van der Waals surface area contributed by atoms with Gasteiger partial charge in [0, 0.05) is 18.2 Å². The number of benzene rings is 2. The van der Waals surface area contributed by atoms with Crippen molar-refractivity contribution in [3.8, 4) is 0 Å². The lowest BCUT2D eigenvalue weighted by molar-refractivity contribution is 0.0705. The second-order valence-electron chi connectivity index (χ2n) is 5.19. The minimum Gasteiger partial charge on any atom is -0.288 e. The highest BCUT2D eigenvalue weighted by molar-refractivity contribution is 5.96. The number of carbonyl (C=O) groups is 2. The molecule has 0 aromatic heterocycles. The van der Waals surface area contributed by atoms with Crippen LogP contribution in [0.4, 0.5) is 8.78 Å². The molecule has 2 aromatic carbocycles. The van der Waals surface area contributed by atoms with Crippen molar-refractivity contribution in [1.29, 1.82) is 0 Å². The van der Waals surface area contributed by atoms with E-state index in [2.05, 4.69) is 5.10 Å². The minimum absolute atomic E-state index is 0.0128. The molecule has 2 amide bonds. The van der Waals surface area contributed by atoms with E-state index >= 15 is 0 Å². The van der Waals surface area contributed by atoms with E-state index in [1.54, 1.807) is 6.07 Å². The lowest BCUT2D eigenvalue weighted by Crippen LogP contribution is -2.23. The third kappa shape index (κ3) is 4.04. The second kappa shape index (κ2) is 7.63. The first-order chi connectivity index (χ1) is 11.8. The molecule has 0 unspecified atom stereocenters. The first kappa shape index (κ1) is 18.2. The van der Waals surface area contributed by atoms with E-state index in [1.807, 2.05) is 0 Å². The van der Waals surface area contributed by atoms with Gasteiger partial charge >= 0.3 is 0 Å². The molecule has 0 atom stereocenters. The molecule has 25 heavy (non-hydrogen) atoms. The molecule has 0 aliphatic carbocycles. The summed E-state index contributed by atoms with van der Waals surface area (Å²) in [5.41, 5.74) is 1.51. The van der Waals surface area contributed by atoms with Crippen LogP contribution in [0.25, 0.3) is 0 Å². The molecule has 0 aliphatic rings. The van der Waals surface area contributed by atoms with Crippen molar-refractivity contribution in [3.63, 3.8) is 0 Å². The normalized spacial score (nSPS) is 10.8. The van der Waals surface area contributed by atoms with Gasteiger partial charge in [0.25, 0.3) is 11.8 Å². The highest BCUT2D eigenvalue weighted by atomic mass is 19.1. The third-order valence-corrected chi connectivity index (χ3v) is 3.45. The Kier molecular flexibility index (Phi) is 5.56. The highest BCUT2D eigenvalue weighted by Crippen LogP contribution is 2.14. The van der Waals surface area contributed by atoms with Crippen LogP contribution >= 0.6 is 0 Å². The fourth-order valence-corrected chi connectivity index (χ4v) is 2.03. The van der Waals surface area contributed by atoms with Crippen molar-refractivity contribution in [2.24, 2.45) is 5.10 Å². The number of halogens is 2. The zero-order chi connectivity index (χ0) is 18.6. The molecule has 130 valence electrons. The number of hydrazone groups is 1. The Balaban J connectivity index is 2.19. The van der Waals surface area contributed by atoms with Gasteiger partial charge in [0.1, 0.15) is 11.6 Å². The number of rotatable bonds is 4. The zero-order valence-electron chi connectivity index (χ0n) is 13.5. The number of carbonyl (C=O) groups excluding carboxylic acids is 2. The Morgan fingerprint density at radius 2 is 1.96 bits per heavy atom. The van der Waals surface area contributed by atoms with Gasteiger partial charge in [-0.05, 0) is 36.8 Å². The van der Waals surface area contributed by atoms with E-state index in [1.165, 1.54) is 43.7 Å². The van der Waals surface area contributed by atoms with Gasteiger partial charge in [-0.15, -0.1) is 0 Å². The van der Waals surface area contributed by atoms with Crippen LogP contribution in [0.2, 0.25) is 0 Å². The van der Waals surface area contributed by atoms with Crippen LogP contribution in [0.3, 0.4) is 0 Å². The second-order valence-corrected chi connectivity index (χ2v) is 5.19. The Morgan fingerprint density at radius 3 is 2.60 bits per heavy atom. The van der Waals surface area contributed by atoms with Crippen molar-refractivity contribution in [1.82, 2.24) is 10.5 Å². The Hall–Kier alpha value is -3.13. The number of hydroxylamine groups is 1. The van der Waals surface area contributed by atoms with E-state index in [9.17, 15) is 18.4 Å². The molecule has 8 heteroatoms. The molecule has 0 bridgehead atoms. The number of aryl methyl sites for hydroxylation is 1. The van der Waals surface area contributed by atoms with Gasteiger partial charge in [-0.3, -0.25) is 14.8 Å². The van der Waals surface area contributed by atoms with E-state index in [4.69, 9.17) is 5.21 Å². The van der Waals surface area contributed by atoms with Crippen molar-refractivity contribution in [2.45, 2.75) is 6.92 Å². The summed E-state index contributed by atoms with van der Waals surface area (Å²) in [5.74, 6) is -2.95. The highest BCUT2D eigenvalue weighted by Gasteiger charge is 2.17. The van der Waals surface area contributed by atoms with Gasteiger partial charge in [0.2, 0.25) is 0 Å². The number of amides is 2. The lowest BCUT2D eigenvalue weighted by atomic mass is 10.1. The average Bonchev–Trinajstić information content (AvgIpc) is 2.61. The van der Waals surface area contributed by atoms with E-state index < -0.39 is 23.4 Å². The van der Waals surface area contributed by atoms with Gasteiger partial charge in [-0.25, -0.2) is 19.3 Å². The summed E-state index contributed by atoms with van der Waals surface area (Å²) in [6, 6.07) is 7.87. The summed E-state index contributed by atoms with van der Waals surface area (Å²) in [6.07, 6.45) is 1.07. The Morgan fingerprint density at radius 1 is 1.24 bits per heavy atom. The van der Waals surface area contributed by atoms with Gasteiger partial charge in [-0.1, -0.05) is 12.1 Å². The molecule has 0 saturated carbocycles. The molecule has 2 aromatic rings. The SMILES string of the molecule is Cc1cccc(C(=O)N(C)/N=C/c2ccc(C(=O)NO)cc2F)c1F. The van der Waals surface area contributed by atoms with E-state index in [0.717, 1.165) is 17.3 Å². The smallest absolute Gasteiger partial charge is 0.276 e. The predicted octanol–water partition coefficient (Wildman–Crippen LogP) is 2.50. The first-order valence-electron chi connectivity index (χ1n) is 7.16. The van der Waals surface area contributed by atoms with Crippen LogP contribution < -0.4 is 5.48 Å². The zero-order valence-corrected chi connectivity index (χ0v) is 13.5. The van der Waals surface area contributed by atoms with Gasteiger partial charge in [-0.2, -0.15) is 5.10 Å². The number of hydrogen-bond donors (Lipinski definition) is 2. The Bertz CT molecular complexity index is 853. The van der Waals surface area contributed by atoms with Crippen molar-refractivity contribution in [3.05, 3.63) is 70.3 Å². The molecule has 2 rings (SSSR count). The van der Waals surface area contributed by atoms with Crippen LogP contribution in [0.1, 0.15) is 31.8 Å². The molecular weight excluding hydrogens is 332 g/mol. The van der Waals surface area contributed by atoms with Crippen molar-refractivity contribution < 1.29 is 23.6 Å². The van der Waals surface area contributed by atoms with Crippen LogP contribution in [0.5, 0.6) is 0 Å². The van der Waals surface area contributed by atoms with E-state index in [0.29, 0.717) is 5.56 Å². The summed E-state index contributed by atoms with van der Waals surface area (Å²) in [5, 5.41) is 13.2. The van der Waals surface area contributed by atoms with Crippen LogP contribution in [-0.4, -0.2) is 35.3 Å². The quantitative estimate of drug-likeness (QED) is 0.506. The summed E-state index contributed by atoms with van der Waals surface area (Å²) >= 11 is 0. The topological polar surface area (TPSA) is 82.0 Å². The fourth-order valence-electron chi connectivity index (χ4n) is 2.03. The summed E-state index contributed by atoms with van der Waals surface area (Å²) in [7, 11) is 1.31. The standard InChI is InChI=1S/C17H15F2N3O3/c1-10-4-3-5-13(15(10)19)17(24)22(2)20-9-12-7-6-11(8-14(12)18)16(23)21-25/h3-9,25H,1-2H3,(H,21,23)/b20-9+. The summed E-state index contributed by atoms with van der Waals surface area (Å²) in [4.78, 5) is 23.4. The van der Waals surface area contributed by atoms with Crippen LogP contribution in [-0.2, 0) is 0 Å². The van der Waals surface area contributed by atoms with Gasteiger partial charge in [0.15, 0.2) is 0 Å². The monoisotopic (exact) mass is 347 g/mol. The van der Waals surface area contributed by atoms with Crippen molar-refractivity contribution >= 4 is 18.0 Å². The largest absolute Gasteiger partial charge is 0.288 e. The molecule has 0 radical (unpaired) electrons. The maximum absolute atomic E-state index is 14.0. The molecule has 0 saturated heterocycles. The van der Waals surface area contributed by atoms with E-state index in [-0.39, 0.29) is 16.7 Å².